The highest BCUT2D eigenvalue weighted by Gasteiger charge is 2.42. The molecule has 4 unspecified atom stereocenters. The van der Waals surface area contributed by atoms with Gasteiger partial charge in [-0.15, -0.1) is 0 Å². The second-order valence-corrected chi connectivity index (χ2v) is 10.3. The van der Waals surface area contributed by atoms with Crippen molar-refractivity contribution in [1.82, 2.24) is 26.3 Å². The number of halogens is 4. The van der Waals surface area contributed by atoms with E-state index >= 15 is 4.39 Å². The summed E-state index contributed by atoms with van der Waals surface area (Å²) in [5, 5.41) is 9.84. The van der Waals surface area contributed by atoms with Crippen LogP contribution in [0.1, 0.15) is 62.1 Å². The Balaban J connectivity index is 1.30. The van der Waals surface area contributed by atoms with Gasteiger partial charge in [0.05, 0.1) is 24.1 Å². The van der Waals surface area contributed by atoms with E-state index in [1.54, 1.807) is 0 Å². The smallest absolute Gasteiger partial charge is 0.315 e. The predicted molar refractivity (Wildman–Crippen MR) is 127 cm³/mol. The van der Waals surface area contributed by atoms with E-state index in [9.17, 15) is 13.2 Å². The third-order valence-corrected chi connectivity index (χ3v) is 7.92. The van der Waals surface area contributed by atoms with Crippen LogP contribution >= 0.6 is 0 Å². The SMILES string of the molecule is NNC(N)CC1CCC(CNC2NCNC(N3CCC[C@@H]3c3ccc(C(F)(F)F)cc3)C2F)CC1. The quantitative estimate of drug-likeness (QED) is 0.141. The molecule has 2 aliphatic heterocycles. The Kier molecular flexibility index (Phi) is 9.01. The summed E-state index contributed by atoms with van der Waals surface area (Å²) in [4.78, 5) is 2.07. The average Bonchev–Trinajstić information content (AvgIpc) is 3.33. The zero-order valence-corrected chi connectivity index (χ0v) is 20.0. The largest absolute Gasteiger partial charge is 0.416 e. The molecule has 3 fully saturated rings. The summed E-state index contributed by atoms with van der Waals surface area (Å²) in [6, 6.07) is 5.20. The summed E-state index contributed by atoms with van der Waals surface area (Å²) >= 11 is 0. The molecule has 0 radical (unpaired) electrons. The van der Waals surface area contributed by atoms with Crippen molar-refractivity contribution in [3.05, 3.63) is 35.4 Å². The molecule has 1 aromatic rings. The highest BCUT2D eigenvalue weighted by molar-refractivity contribution is 5.27. The maximum Gasteiger partial charge on any atom is 0.416 e. The molecule has 4 rings (SSSR count). The molecule has 2 heterocycles. The third-order valence-electron chi connectivity index (χ3n) is 7.92. The zero-order chi connectivity index (χ0) is 25.0. The number of nitrogens with zero attached hydrogens (tertiary/aromatic N) is 1. The second-order valence-electron chi connectivity index (χ2n) is 10.3. The van der Waals surface area contributed by atoms with E-state index in [-0.39, 0.29) is 12.2 Å². The van der Waals surface area contributed by atoms with Crippen molar-refractivity contribution < 1.29 is 17.6 Å². The van der Waals surface area contributed by atoms with Gasteiger partial charge in [0.2, 0.25) is 0 Å². The lowest BCUT2D eigenvalue weighted by atomic mass is 9.80. The second kappa shape index (κ2) is 11.8. The Morgan fingerprint density at radius 1 is 1.03 bits per heavy atom. The van der Waals surface area contributed by atoms with Crippen molar-refractivity contribution in [2.45, 2.75) is 81.8 Å². The van der Waals surface area contributed by atoms with Crippen LogP contribution in [0.4, 0.5) is 17.6 Å². The van der Waals surface area contributed by atoms with Crippen molar-refractivity contribution in [2.24, 2.45) is 23.4 Å². The fraction of sp³-hybridized carbons (Fsp3) is 0.750. The molecule has 3 aliphatic rings. The van der Waals surface area contributed by atoms with Crippen LogP contribution in [-0.2, 0) is 6.18 Å². The summed E-state index contributed by atoms with van der Waals surface area (Å²) in [5.74, 6) is 6.48. The van der Waals surface area contributed by atoms with E-state index in [0.717, 1.165) is 69.2 Å². The van der Waals surface area contributed by atoms with E-state index in [1.807, 2.05) is 0 Å². The van der Waals surface area contributed by atoms with Gasteiger partial charge in [0.15, 0.2) is 6.17 Å². The van der Waals surface area contributed by atoms with Crippen molar-refractivity contribution in [3.63, 3.8) is 0 Å². The number of nitrogens with two attached hydrogens (primary N) is 2. The standard InChI is InChI=1S/C24H39F4N7/c25-21-22(31-13-16-5-3-15(4-6-16)12-20(29)34-30)32-14-33-23(21)35-11-1-2-19(35)17-7-9-18(10-8-17)24(26,27)28/h7-10,15-16,19-23,31-34H,1-6,11-14,29-30H2/t15?,16?,19-,20?,21?,22?,23?/m1/s1. The van der Waals surface area contributed by atoms with Crippen LogP contribution in [0.2, 0.25) is 0 Å². The van der Waals surface area contributed by atoms with Crippen molar-refractivity contribution in [2.75, 3.05) is 19.8 Å². The molecule has 35 heavy (non-hydrogen) atoms. The first-order valence-corrected chi connectivity index (χ1v) is 12.7. The number of likely N-dealkylation sites (tertiary alicyclic amines) is 1. The summed E-state index contributed by atoms with van der Waals surface area (Å²) in [5.41, 5.74) is 8.64. The number of nitrogens with one attached hydrogen (secondary N) is 4. The molecular weight excluding hydrogens is 462 g/mol. The molecule has 0 aromatic heterocycles. The lowest BCUT2D eigenvalue weighted by Gasteiger charge is -2.43. The molecule has 0 amide bonds. The molecule has 5 atom stereocenters. The normalized spacial score (nSPS) is 33.7. The molecule has 1 aromatic carbocycles. The molecule has 2 saturated heterocycles. The highest BCUT2D eigenvalue weighted by Crippen LogP contribution is 2.37. The number of alkyl halides is 4. The summed E-state index contributed by atoms with van der Waals surface area (Å²) in [6.45, 7) is 1.93. The van der Waals surface area contributed by atoms with E-state index in [2.05, 4.69) is 26.3 Å². The Hall–Kier alpha value is -1.34. The third kappa shape index (κ3) is 6.71. The minimum Gasteiger partial charge on any atom is -0.315 e. The fourth-order valence-electron chi connectivity index (χ4n) is 5.93. The highest BCUT2D eigenvalue weighted by atomic mass is 19.4. The van der Waals surface area contributed by atoms with Crippen molar-refractivity contribution >= 4 is 0 Å². The van der Waals surface area contributed by atoms with Crippen molar-refractivity contribution in [3.8, 4) is 0 Å². The first-order valence-electron chi connectivity index (χ1n) is 12.7. The first-order chi connectivity index (χ1) is 16.8. The monoisotopic (exact) mass is 501 g/mol. The van der Waals surface area contributed by atoms with Crippen LogP contribution in [-0.4, -0.2) is 49.3 Å². The van der Waals surface area contributed by atoms with E-state index in [0.29, 0.717) is 25.0 Å². The Morgan fingerprint density at radius 3 is 2.37 bits per heavy atom. The molecule has 7 nitrogen and oxygen atoms in total. The Morgan fingerprint density at radius 2 is 1.71 bits per heavy atom. The minimum absolute atomic E-state index is 0.101. The van der Waals surface area contributed by atoms with Gasteiger partial charge < -0.3 is 5.73 Å². The van der Waals surface area contributed by atoms with Crippen molar-refractivity contribution in [1.29, 1.82) is 0 Å². The maximum atomic E-state index is 15.7. The van der Waals surface area contributed by atoms with Gasteiger partial charge in [-0.3, -0.25) is 26.7 Å². The van der Waals surface area contributed by atoms with Crippen LogP contribution in [0.3, 0.4) is 0 Å². The predicted octanol–water partition coefficient (Wildman–Crippen LogP) is 2.52. The average molecular weight is 502 g/mol. The molecule has 11 heteroatoms. The van der Waals surface area contributed by atoms with Crippen LogP contribution in [0.25, 0.3) is 0 Å². The van der Waals surface area contributed by atoms with Crippen LogP contribution in [0, 0.1) is 11.8 Å². The number of benzene rings is 1. The van der Waals surface area contributed by atoms with Gasteiger partial charge in [0, 0.05) is 19.3 Å². The molecule has 1 aliphatic carbocycles. The first kappa shape index (κ1) is 26.7. The summed E-state index contributed by atoms with van der Waals surface area (Å²) in [6.07, 6.45) is 0.245. The number of rotatable bonds is 8. The van der Waals surface area contributed by atoms with Crippen LogP contribution < -0.4 is 33.0 Å². The molecule has 0 bridgehead atoms. The Labute approximate surface area is 204 Å². The van der Waals surface area contributed by atoms with Gasteiger partial charge in [-0.25, -0.2) is 9.82 Å². The van der Waals surface area contributed by atoms with Crippen LogP contribution in [0.15, 0.2) is 24.3 Å². The van der Waals surface area contributed by atoms with E-state index in [4.69, 9.17) is 11.6 Å². The molecule has 1 saturated carbocycles. The minimum atomic E-state index is -4.36. The van der Waals surface area contributed by atoms with Gasteiger partial charge in [0.1, 0.15) is 0 Å². The van der Waals surface area contributed by atoms with E-state index < -0.39 is 30.2 Å². The van der Waals surface area contributed by atoms with Gasteiger partial charge in [-0.05, 0) is 68.2 Å². The molecule has 0 spiro atoms. The fourth-order valence-corrected chi connectivity index (χ4v) is 5.93. The van der Waals surface area contributed by atoms with Gasteiger partial charge in [-0.2, -0.15) is 13.2 Å². The molecule has 8 N–H and O–H groups in total. The molecular formula is C24H39F4N7. The molecule has 198 valence electrons. The lowest BCUT2D eigenvalue weighted by molar-refractivity contribution is -0.137. The van der Waals surface area contributed by atoms with Gasteiger partial charge in [0.25, 0.3) is 0 Å². The number of hydrogen-bond donors (Lipinski definition) is 6. The summed E-state index contributed by atoms with van der Waals surface area (Å²) < 4.78 is 54.5. The zero-order valence-electron chi connectivity index (χ0n) is 20.0. The van der Waals surface area contributed by atoms with Gasteiger partial charge in [-0.1, -0.05) is 25.0 Å². The van der Waals surface area contributed by atoms with E-state index in [1.165, 1.54) is 12.1 Å². The lowest BCUT2D eigenvalue weighted by Crippen LogP contribution is -2.68. The topological polar surface area (TPSA) is 103 Å². The Bertz CT molecular complexity index is 785. The van der Waals surface area contributed by atoms with Gasteiger partial charge >= 0.3 is 6.18 Å². The summed E-state index contributed by atoms with van der Waals surface area (Å²) in [7, 11) is 0. The number of hydrazine groups is 1. The number of hydrogen-bond acceptors (Lipinski definition) is 7. The van der Waals surface area contributed by atoms with Crippen LogP contribution in [0.5, 0.6) is 0 Å². The maximum absolute atomic E-state index is 15.7.